The van der Waals surface area contributed by atoms with Gasteiger partial charge in [0.25, 0.3) is 0 Å². The third-order valence-electron chi connectivity index (χ3n) is 5.20. The second-order valence-corrected chi connectivity index (χ2v) is 8.93. The molecular weight excluding hydrogens is 373 g/mol. The van der Waals surface area contributed by atoms with Crippen LogP contribution in [0.3, 0.4) is 0 Å². The first-order valence-electron chi connectivity index (χ1n) is 9.09. The van der Waals surface area contributed by atoms with Gasteiger partial charge in [0.15, 0.2) is 0 Å². The molecule has 2 aliphatic rings. The van der Waals surface area contributed by atoms with Crippen molar-refractivity contribution >= 4 is 21.8 Å². The van der Waals surface area contributed by atoms with Gasteiger partial charge in [-0.1, -0.05) is 6.07 Å². The van der Waals surface area contributed by atoms with E-state index in [0.29, 0.717) is 26.2 Å². The molecule has 27 heavy (non-hydrogen) atoms. The molecule has 148 valence electrons. The van der Waals surface area contributed by atoms with Crippen LogP contribution < -0.4 is 0 Å². The van der Waals surface area contributed by atoms with E-state index in [1.165, 1.54) is 29.4 Å². The number of likely N-dealkylation sites (tertiary alicyclic amines) is 1. The molecule has 0 unspecified atom stereocenters. The van der Waals surface area contributed by atoms with Crippen molar-refractivity contribution in [3.8, 4) is 0 Å². The molecule has 0 N–H and O–H groups in total. The van der Waals surface area contributed by atoms with Gasteiger partial charge in [-0.2, -0.15) is 4.31 Å². The Bertz CT molecular complexity index is 822. The van der Waals surface area contributed by atoms with E-state index in [2.05, 4.69) is 0 Å². The number of carbonyl (C=O) groups is 2. The van der Waals surface area contributed by atoms with Crippen LogP contribution in [0.25, 0.3) is 0 Å². The van der Waals surface area contributed by atoms with E-state index in [-0.39, 0.29) is 35.7 Å². The average molecular weight is 397 g/mol. The molecule has 1 atom stereocenters. The number of carbonyl (C=O) groups excluding carboxylic acids is 2. The molecule has 0 bridgehead atoms. The van der Waals surface area contributed by atoms with Crippen LogP contribution in [-0.2, 0) is 19.6 Å². The van der Waals surface area contributed by atoms with E-state index in [4.69, 9.17) is 0 Å². The highest BCUT2D eigenvalue weighted by Crippen LogP contribution is 2.22. The minimum Gasteiger partial charge on any atom is -0.342 e. The number of nitrogens with zero attached hydrogens (tertiary/aromatic N) is 3. The predicted molar refractivity (Wildman–Crippen MR) is 96.7 cm³/mol. The van der Waals surface area contributed by atoms with E-state index in [1.807, 2.05) is 0 Å². The Morgan fingerprint density at radius 2 is 1.78 bits per heavy atom. The van der Waals surface area contributed by atoms with Crippen LogP contribution >= 0.6 is 0 Å². The van der Waals surface area contributed by atoms with Gasteiger partial charge in [0.2, 0.25) is 21.8 Å². The molecule has 2 heterocycles. The SMILES string of the molecule is CC(=O)N1CCC[C@@H](C(=O)N2CCN(S(=O)(=O)c3cccc(F)c3)CC2)C1. The van der Waals surface area contributed by atoms with E-state index < -0.39 is 15.8 Å². The molecule has 0 radical (unpaired) electrons. The van der Waals surface area contributed by atoms with Crippen molar-refractivity contribution in [3.63, 3.8) is 0 Å². The zero-order valence-corrected chi connectivity index (χ0v) is 16.1. The molecule has 2 fully saturated rings. The maximum atomic E-state index is 13.4. The maximum Gasteiger partial charge on any atom is 0.243 e. The fourth-order valence-corrected chi connectivity index (χ4v) is 5.10. The number of benzene rings is 1. The summed E-state index contributed by atoms with van der Waals surface area (Å²) in [6.07, 6.45) is 1.54. The van der Waals surface area contributed by atoms with Crippen LogP contribution in [0, 0.1) is 11.7 Å². The summed E-state index contributed by atoms with van der Waals surface area (Å²) in [5.74, 6) is -0.881. The number of sulfonamides is 1. The number of rotatable bonds is 3. The van der Waals surface area contributed by atoms with E-state index in [9.17, 15) is 22.4 Å². The Labute approximate surface area is 158 Å². The first kappa shape index (κ1) is 19.8. The highest BCUT2D eigenvalue weighted by Gasteiger charge is 2.34. The van der Waals surface area contributed by atoms with Crippen molar-refractivity contribution in [3.05, 3.63) is 30.1 Å². The average Bonchev–Trinajstić information content (AvgIpc) is 2.67. The molecule has 2 saturated heterocycles. The van der Waals surface area contributed by atoms with E-state index in [1.54, 1.807) is 9.80 Å². The summed E-state index contributed by atoms with van der Waals surface area (Å²) in [5, 5.41) is 0. The van der Waals surface area contributed by atoms with E-state index in [0.717, 1.165) is 18.9 Å². The molecule has 9 heteroatoms. The first-order chi connectivity index (χ1) is 12.8. The maximum absolute atomic E-state index is 13.4. The van der Waals surface area contributed by atoms with Crippen LogP contribution in [0.4, 0.5) is 4.39 Å². The summed E-state index contributed by atoms with van der Waals surface area (Å²) in [6.45, 7) is 3.55. The standard InChI is InChI=1S/C18H24FN3O4S/c1-14(23)21-7-3-4-15(13-21)18(24)20-8-10-22(11-9-20)27(25,26)17-6-2-5-16(19)12-17/h2,5-6,12,15H,3-4,7-11,13H2,1H3/t15-/m1/s1. The number of amides is 2. The molecule has 7 nitrogen and oxygen atoms in total. The molecule has 0 saturated carbocycles. The van der Waals surface area contributed by atoms with Crippen LogP contribution in [-0.4, -0.2) is 73.6 Å². The molecule has 0 aromatic heterocycles. The second kappa shape index (κ2) is 7.93. The third kappa shape index (κ3) is 4.30. The quantitative estimate of drug-likeness (QED) is 0.760. The molecule has 0 aliphatic carbocycles. The van der Waals surface area contributed by atoms with E-state index >= 15 is 0 Å². The van der Waals surface area contributed by atoms with Gasteiger partial charge >= 0.3 is 0 Å². The topological polar surface area (TPSA) is 78.0 Å². The Morgan fingerprint density at radius 1 is 1.07 bits per heavy atom. The fraction of sp³-hybridized carbons (Fsp3) is 0.556. The molecular formula is C18H24FN3O4S. The number of piperidine rings is 1. The normalized spacial score (nSPS) is 21.9. The highest BCUT2D eigenvalue weighted by molar-refractivity contribution is 7.89. The molecule has 3 rings (SSSR count). The Balaban J connectivity index is 1.61. The van der Waals surface area contributed by atoms with Crippen LogP contribution in [0.15, 0.2) is 29.2 Å². The van der Waals surface area contributed by atoms with Crippen LogP contribution in [0.1, 0.15) is 19.8 Å². The lowest BCUT2D eigenvalue weighted by Gasteiger charge is -2.38. The molecule has 0 spiro atoms. The zero-order chi connectivity index (χ0) is 19.6. The Morgan fingerprint density at radius 3 is 2.41 bits per heavy atom. The third-order valence-corrected chi connectivity index (χ3v) is 7.09. The number of piperazine rings is 1. The lowest BCUT2D eigenvalue weighted by atomic mass is 9.96. The number of hydrogen-bond donors (Lipinski definition) is 0. The second-order valence-electron chi connectivity index (χ2n) is 6.99. The lowest BCUT2D eigenvalue weighted by Crippen LogP contribution is -2.53. The monoisotopic (exact) mass is 397 g/mol. The van der Waals surface area contributed by atoms with Gasteiger partial charge in [-0.15, -0.1) is 0 Å². The predicted octanol–water partition coefficient (Wildman–Crippen LogP) is 0.917. The fourth-order valence-electron chi connectivity index (χ4n) is 3.65. The lowest BCUT2D eigenvalue weighted by molar-refractivity contribution is -0.141. The molecule has 1 aromatic carbocycles. The summed E-state index contributed by atoms with van der Waals surface area (Å²) < 4.78 is 39.9. The Hall–Kier alpha value is -2.00. The number of hydrogen-bond acceptors (Lipinski definition) is 4. The summed E-state index contributed by atoms with van der Waals surface area (Å²) in [5.41, 5.74) is 0. The van der Waals surface area contributed by atoms with Crippen molar-refractivity contribution in [1.29, 1.82) is 0 Å². The zero-order valence-electron chi connectivity index (χ0n) is 15.3. The minimum atomic E-state index is -3.78. The van der Waals surface area contributed by atoms with Gasteiger partial charge < -0.3 is 9.80 Å². The minimum absolute atomic E-state index is 0.0243. The Kier molecular flexibility index (Phi) is 5.81. The largest absolute Gasteiger partial charge is 0.342 e. The van der Waals surface area contributed by atoms with Crippen molar-refractivity contribution in [1.82, 2.24) is 14.1 Å². The van der Waals surface area contributed by atoms with Gasteiger partial charge in [0, 0.05) is 46.2 Å². The van der Waals surface area contributed by atoms with Crippen molar-refractivity contribution in [2.24, 2.45) is 5.92 Å². The summed E-state index contributed by atoms with van der Waals surface area (Å²) in [4.78, 5) is 27.6. The van der Waals surface area contributed by atoms with Crippen molar-refractivity contribution in [2.45, 2.75) is 24.7 Å². The van der Waals surface area contributed by atoms with Gasteiger partial charge in [-0.3, -0.25) is 9.59 Å². The van der Waals surface area contributed by atoms with Gasteiger partial charge in [0.1, 0.15) is 5.82 Å². The smallest absolute Gasteiger partial charge is 0.243 e. The molecule has 2 amide bonds. The first-order valence-corrected chi connectivity index (χ1v) is 10.5. The number of halogens is 1. The highest BCUT2D eigenvalue weighted by atomic mass is 32.2. The summed E-state index contributed by atoms with van der Waals surface area (Å²) in [7, 11) is -3.78. The molecule has 1 aromatic rings. The van der Waals surface area contributed by atoms with Crippen molar-refractivity contribution in [2.75, 3.05) is 39.3 Å². The van der Waals surface area contributed by atoms with Gasteiger partial charge in [-0.25, -0.2) is 12.8 Å². The van der Waals surface area contributed by atoms with Crippen LogP contribution in [0.5, 0.6) is 0 Å². The summed E-state index contributed by atoms with van der Waals surface area (Å²) in [6, 6.07) is 4.94. The van der Waals surface area contributed by atoms with Gasteiger partial charge in [0.05, 0.1) is 10.8 Å². The van der Waals surface area contributed by atoms with Crippen molar-refractivity contribution < 1.29 is 22.4 Å². The summed E-state index contributed by atoms with van der Waals surface area (Å²) >= 11 is 0. The van der Waals surface area contributed by atoms with Gasteiger partial charge in [-0.05, 0) is 31.0 Å². The molecule has 2 aliphatic heterocycles. The van der Waals surface area contributed by atoms with Crippen LogP contribution in [0.2, 0.25) is 0 Å².